The average molecular weight is 461 g/mol. The van der Waals surface area contributed by atoms with E-state index in [0.29, 0.717) is 35.4 Å². The van der Waals surface area contributed by atoms with E-state index in [1.165, 1.54) is 16.7 Å². The Kier molecular flexibility index (Phi) is 5.45. The van der Waals surface area contributed by atoms with E-state index in [9.17, 15) is 21.6 Å². The van der Waals surface area contributed by atoms with E-state index in [1.807, 2.05) is 4.90 Å². The lowest BCUT2D eigenvalue weighted by Crippen LogP contribution is -2.40. The first-order chi connectivity index (χ1) is 14.1. The third-order valence-corrected chi connectivity index (χ3v) is 6.37. The maximum atomic E-state index is 13.1. The molecule has 0 amide bonds. The average Bonchev–Trinajstić information content (AvgIpc) is 3.31. The van der Waals surface area contributed by atoms with Gasteiger partial charge in [0.25, 0.3) is 0 Å². The zero-order valence-corrected chi connectivity index (χ0v) is 17.6. The minimum atomic E-state index is -4.46. The number of nitrogens with one attached hydrogen (secondary N) is 1. The molecular weight excluding hydrogens is 441 g/mol. The summed E-state index contributed by atoms with van der Waals surface area (Å²) >= 11 is 1.16. The van der Waals surface area contributed by atoms with Crippen LogP contribution in [0.5, 0.6) is 0 Å². The van der Waals surface area contributed by atoms with Crippen LogP contribution in [0, 0.1) is 5.92 Å². The number of hydrogen-bond acceptors (Lipinski definition) is 7. The lowest BCUT2D eigenvalue weighted by molar-refractivity contribution is -0.137. The number of aromatic nitrogens is 4. The number of piperidine rings is 1. The Labute approximate surface area is 175 Å². The Hall–Kier alpha value is -2.25. The Morgan fingerprint density at radius 1 is 1.33 bits per heavy atom. The van der Waals surface area contributed by atoms with Gasteiger partial charge in [0.15, 0.2) is 5.82 Å². The van der Waals surface area contributed by atoms with Crippen LogP contribution in [0.2, 0.25) is 0 Å². The van der Waals surface area contributed by atoms with Gasteiger partial charge in [0.1, 0.15) is 11.3 Å². The minimum absolute atomic E-state index is 0.144. The second-order valence-corrected chi connectivity index (χ2v) is 9.83. The second-order valence-electron chi connectivity index (χ2n) is 7.26. The monoisotopic (exact) mass is 460 g/mol. The van der Waals surface area contributed by atoms with Crippen molar-refractivity contribution in [1.29, 1.82) is 0 Å². The van der Waals surface area contributed by atoms with Gasteiger partial charge < -0.3 is 4.90 Å². The van der Waals surface area contributed by atoms with Crippen LogP contribution in [0.3, 0.4) is 0 Å². The van der Waals surface area contributed by atoms with Crippen LogP contribution in [0.4, 0.5) is 18.3 Å². The van der Waals surface area contributed by atoms with Gasteiger partial charge in [-0.1, -0.05) is 0 Å². The molecule has 162 valence electrons. The molecule has 0 saturated carbocycles. The van der Waals surface area contributed by atoms with Gasteiger partial charge in [-0.25, -0.2) is 18.1 Å². The fraction of sp³-hybridized carbons (Fsp3) is 0.471. The Balaban J connectivity index is 1.55. The highest BCUT2D eigenvalue weighted by Gasteiger charge is 2.31. The lowest BCUT2D eigenvalue weighted by Gasteiger charge is -2.32. The van der Waals surface area contributed by atoms with Crippen LogP contribution in [-0.2, 0) is 16.2 Å². The molecule has 4 rings (SSSR count). The fourth-order valence-electron chi connectivity index (χ4n) is 3.44. The van der Waals surface area contributed by atoms with Gasteiger partial charge in [-0.3, -0.25) is 4.40 Å². The number of halogens is 3. The van der Waals surface area contributed by atoms with Crippen molar-refractivity contribution in [3.8, 4) is 11.5 Å². The third-order valence-electron chi connectivity index (χ3n) is 4.90. The molecule has 3 aromatic heterocycles. The molecule has 8 nitrogen and oxygen atoms in total. The molecule has 0 radical (unpaired) electrons. The minimum Gasteiger partial charge on any atom is -0.347 e. The molecule has 1 fully saturated rings. The molecule has 1 N–H and O–H groups in total. The summed E-state index contributed by atoms with van der Waals surface area (Å²) in [6, 6.07) is 2.30. The zero-order valence-electron chi connectivity index (χ0n) is 15.9. The van der Waals surface area contributed by atoms with Crippen LogP contribution >= 0.6 is 11.5 Å². The quantitative estimate of drug-likeness (QED) is 0.629. The lowest BCUT2D eigenvalue weighted by atomic mass is 9.99. The molecular formula is C17H19F3N6O2S2. The Bertz CT molecular complexity index is 1160. The summed E-state index contributed by atoms with van der Waals surface area (Å²) in [5.74, 6) is 0.448. The number of hydrogen-bond donors (Lipinski definition) is 1. The Morgan fingerprint density at radius 3 is 2.87 bits per heavy atom. The molecule has 0 aromatic carbocycles. The molecule has 4 heterocycles. The van der Waals surface area contributed by atoms with Crippen LogP contribution in [0.25, 0.3) is 17.2 Å². The first kappa shape index (κ1) is 21.0. The molecule has 1 aliphatic rings. The number of nitrogens with zero attached hydrogens (tertiary/aromatic N) is 5. The molecule has 1 unspecified atom stereocenters. The number of alkyl halides is 3. The highest BCUT2D eigenvalue weighted by atomic mass is 32.2. The van der Waals surface area contributed by atoms with Gasteiger partial charge in [0, 0.05) is 37.4 Å². The predicted octanol–water partition coefficient (Wildman–Crippen LogP) is 2.64. The standard InChI is InChI=1S/C17H19F3N6O2S2/c1-30(27,28)22-7-11-3-2-6-25(9-11)16-23-15(24-29-16)13-8-21-14-5-4-12(10-26(13)14)17(18,19)20/h4-5,8,10-11,22H,2-3,6-7,9H2,1H3. The Morgan fingerprint density at radius 2 is 2.13 bits per heavy atom. The number of pyridine rings is 1. The maximum absolute atomic E-state index is 13.1. The topological polar surface area (TPSA) is 92.5 Å². The summed E-state index contributed by atoms with van der Waals surface area (Å²) < 4.78 is 70.0. The fourth-order valence-corrected chi connectivity index (χ4v) is 4.69. The van der Waals surface area contributed by atoms with Crippen LogP contribution in [0.1, 0.15) is 18.4 Å². The van der Waals surface area contributed by atoms with E-state index in [1.54, 1.807) is 0 Å². The summed E-state index contributed by atoms with van der Waals surface area (Å²) in [6.45, 7) is 1.74. The SMILES string of the molecule is CS(=O)(=O)NCC1CCCN(c2nc(-c3cnc4ccc(C(F)(F)F)cn34)ns2)C1. The van der Waals surface area contributed by atoms with Gasteiger partial charge in [0.05, 0.1) is 18.0 Å². The van der Waals surface area contributed by atoms with E-state index in [4.69, 9.17) is 0 Å². The van der Waals surface area contributed by atoms with Crippen molar-refractivity contribution < 1.29 is 21.6 Å². The number of rotatable bonds is 5. The first-order valence-corrected chi connectivity index (χ1v) is 11.8. The summed E-state index contributed by atoms with van der Waals surface area (Å²) in [5, 5.41) is 0.649. The maximum Gasteiger partial charge on any atom is 0.417 e. The van der Waals surface area contributed by atoms with Crippen LogP contribution in [0.15, 0.2) is 24.5 Å². The second kappa shape index (κ2) is 7.78. The smallest absolute Gasteiger partial charge is 0.347 e. The van der Waals surface area contributed by atoms with Gasteiger partial charge in [-0.15, -0.1) is 0 Å². The largest absolute Gasteiger partial charge is 0.417 e. The molecule has 1 saturated heterocycles. The van der Waals surface area contributed by atoms with Crippen molar-refractivity contribution >= 4 is 32.3 Å². The number of anilines is 1. The van der Waals surface area contributed by atoms with E-state index in [0.717, 1.165) is 49.4 Å². The number of fused-ring (bicyclic) bond motifs is 1. The van der Waals surface area contributed by atoms with E-state index in [2.05, 4.69) is 19.1 Å². The number of imidazole rings is 1. The molecule has 3 aromatic rings. The molecule has 30 heavy (non-hydrogen) atoms. The van der Waals surface area contributed by atoms with Crippen LogP contribution < -0.4 is 9.62 Å². The van der Waals surface area contributed by atoms with Gasteiger partial charge in [0.2, 0.25) is 15.2 Å². The molecule has 13 heteroatoms. The van der Waals surface area contributed by atoms with Gasteiger partial charge in [-0.2, -0.15) is 22.5 Å². The highest BCUT2D eigenvalue weighted by molar-refractivity contribution is 7.88. The predicted molar refractivity (Wildman–Crippen MR) is 107 cm³/mol. The van der Waals surface area contributed by atoms with Crippen molar-refractivity contribution in [1.82, 2.24) is 23.5 Å². The van der Waals surface area contributed by atoms with E-state index >= 15 is 0 Å². The molecule has 1 atom stereocenters. The third kappa shape index (κ3) is 4.57. The van der Waals surface area contributed by atoms with Crippen molar-refractivity contribution in [2.75, 3.05) is 30.8 Å². The summed E-state index contributed by atoms with van der Waals surface area (Å²) in [5.41, 5.74) is -0.0212. The van der Waals surface area contributed by atoms with Crippen molar-refractivity contribution in [2.24, 2.45) is 5.92 Å². The molecule has 0 aliphatic carbocycles. The van der Waals surface area contributed by atoms with Crippen LogP contribution in [-0.4, -0.2) is 53.1 Å². The van der Waals surface area contributed by atoms with Gasteiger partial charge in [-0.05, 0) is 30.9 Å². The summed E-state index contributed by atoms with van der Waals surface area (Å²) in [6.07, 6.45) is 0.903. The normalized spacial score (nSPS) is 18.3. The van der Waals surface area contributed by atoms with E-state index in [-0.39, 0.29) is 5.92 Å². The van der Waals surface area contributed by atoms with Crippen molar-refractivity contribution in [3.05, 3.63) is 30.1 Å². The molecule has 0 bridgehead atoms. The summed E-state index contributed by atoms with van der Waals surface area (Å²) in [7, 11) is -3.25. The molecule has 1 aliphatic heterocycles. The van der Waals surface area contributed by atoms with Crippen molar-refractivity contribution in [3.63, 3.8) is 0 Å². The first-order valence-electron chi connectivity index (χ1n) is 9.18. The van der Waals surface area contributed by atoms with Gasteiger partial charge >= 0.3 is 6.18 Å². The van der Waals surface area contributed by atoms with Crippen molar-refractivity contribution in [2.45, 2.75) is 19.0 Å². The highest BCUT2D eigenvalue weighted by Crippen LogP contribution is 2.32. The number of sulfonamides is 1. The molecule has 0 spiro atoms. The summed E-state index contributed by atoms with van der Waals surface area (Å²) in [4.78, 5) is 10.7. The van der Waals surface area contributed by atoms with E-state index < -0.39 is 21.8 Å². The zero-order chi connectivity index (χ0) is 21.5.